The molecule has 0 fully saturated rings. The third-order valence-electron chi connectivity index (χ3n) is 0. The van der Waals surface area contributed by atoms with Gasteiger partial charge in [-0.3, -0.25) is 4.55 Å². The van der Waals surface area contributed by atoms with Crippen LogP contribution in [0.5, 0.6) is 0 Å². The molecule has 0 bridgehead atoms. The van der Waals surface area contributed by atoms with E-state index < -0.39 is 9.15 Å². The molecule has 9 heteroatoms. The van der Waals surface area contributed by atoms with E-state index in [2.05, 4.69) is 11.7 Å². The molecule has 0 aliphatic rings. The molecule has 58 valence electrons. The summed E-state index contributed by atoms with van der Waals surface area (Å²) in [7, 11) is -3.97. The van der Waals surface area contributed by atoms with Crippen molar-refractivity contribution in [1.29, 1.82) is 0 Å². The molecule has 0 amide bonds. The summed E-state index contributed by atoms with van der Waals surface area (Å²) in [5, 5.41) is 0. The molecule has 0 rings (SSSR count). The molecule has 0 saturated carbocycles. The van der Waals surface area contributed by atoms with Crippen molar-refractivity contribution >= 4 is 72.2 Å². The van der Waals surface area contributed by atoms with Gasteiger partial charge in [0.05, 0.1) is 0 Å². The quantitative estimate of drug-likeness (QED) is 0.185. The Morgan fingerprint density at radius 1 is 1.11 bits per heavy atom. The van der Waals surface area contributed by atoms with Gasteiger partial charge in [-0.2, -0.15) is 8.42 Å². The van der Waals surface area contributed by atoms with Gasteiger partial charge in [0.15, 0.2) is 0 Å². The van der Waals surface area contributed by atoms with Crippen LogP contribution in [0.3, 0.4) is 0 Å². The molecule has 0 unspecified atom stereocenters. The fraction of sp³-hybridized carbons (Fsp3) is 0. The summed E-state index contributed by atoms with van der Waals surface area (Å²) in [6.07, 6.45) is 0. The standard InChI is InChI=1S/K.H2O3S2.3H2O.H/c;1-5(2,3)4;;;;/h;(H2,1,2,3,4);3*1H2;. The molecule has 7 N–H and O–H groups in total. The van der Waals surface area contributed by atoms with Crippen LogP contribution in [0.1, 0.15) is 0 Å². The molecule has 0 aromatic carbocycles. The van der Waals surface area contributed by atoms with Crippen molar-refractivity contribution in [3.05, 3.63) is 0 Å². The van der Waals surface area contributed by atoms with Crippen LogP contribution in [0.2, 0.25) is 0 Å². The molecule has 0 radical (unpaired) electrons. The fourth-order valence-corrected chi connectivity index (χ4v) is 0. The Hall–Kier alpha value is 1.78. The summed E-state index contributed by atoms with van der Waals surface area (Å²) >= 11 is 2.65. The van der Waals surface area contributed by atoms with Gasteiger partial charge >= 0.3 is 60.5 Å². The van der Waals surface area contributed by atoms with Gasteiger partial charge in [-0.15, -0.1) is 0 Å². The van der Waals surface area contributed by atoms with Gasteiger partial charge in [-0.25, -0.2) is 0 Å². The van der Waals surface area contributed by atoms with Crippen molar-refractivity contribution in [2.75, 3.05) is 0 Å². The van der Waals surface area contributed by atoms with E-state index in [1.807, 2.05) is 0 Å². The predicted molar refractivity (Wildman–Crippen MR) is 38.5 cm³/mol. The summed E-state index contributed by atoms with van der Waals surface area (Å²) in [5.74, 6) is 0. The summed E-state index contributed by atoms with van der Waals surface area (Å²) in [5.41, 5.74) is 0. The van der Waals surface area contributed by atoms with Gasteiger partial charge in [0.25, 0.3) is 0 Å². The second-order valence-corrected chi connectivity index (χ2v) is 2.73. The first kappa shape index (κ1) is 30.9. The molecule has 6 nitrogen and oxygen atoms in total. The summed E-state index contributed by atoms with van der Waals surface area (Å²) in [6, 6.07) is 0. The van der Waals surface area contributed by atoms with Crippen molar-refractivity contribution < 1.29 is 29.4 Å². The van der Waals surface area contributed by atoms with Crippen LogP contribution in [0.4, 0.5) is 0 Å². The monoisotopic (exact) mass is 208 g/mol. The molecular formula is H9KO6S2. The summed E-state index contributed by atoms with van der Waals surface area (Å²) in [4.78, 5) is 0. The molecule has 0 aliphatic heterocycles. The molecule has 0 aromatic rings. The van der Waals surface area contributed by atoms with Gasteiger partial charge in [0.1, 0.15) is 0 Å². The third kappa shape index (κ3) is 187. The topological polar surface area (TPSA) is 149 Å². The average molecular weight is 208 g/mol. The Balaban J connectivity index is -0.0000000133. The third-order valence-corrected chi connectivity index (χ3v) is 0. The van der Waals surface area contributed by atoms with Crippen LogP contribution in [-0.4, -0.2) is 80.8 Å². The first-order valence-corrected chi connectivity index (χ1v) is 3.19. The van der Waals surface area contributed by atoms with Crippen LogP contribution in [-0.2, 0) is 9.15 Å². The average Bonchev–Trinajstić information content (AvgIpc) is 0.722. The number of thiol groups is 1. The first-order valence-electron chi connectivity index (χ1n) is 0.698. The van der Waals surface area contributed by atoms with Crippen LogP contribution >= 0.6 is 11.7 Å². The van der Waals surface area contributed by atoms with Gasteiger partial charge in [-0.05, 0) is 11.7 Å². The second-order valence-electron chi connectivity index (χ2n) is 0.448. The van der Waals surface area contributed by atoms with Crippen molar-refractivity contribution in [1.82, 2.24) is 0 Å². The Kier molecular flexibility index (Phi) is 42.7. The SMILES string of the molecule is O.O.O.O=S(=O)(O)S.[KH]. The van der Waals surface area contributed by atoms with E-state index in [1.54, 1.807) is 0 Å². The Morgan fingerprint density at radius 3 is 1.11 bits per heavy atom. The van der Waals surface area contributed by atoms with E-state index in [-0.39, 0.29) is 67.8 Å². The second kappa shape index (κ2) is 12.5. The normalized spacial score (nSPS) is 6.44. The summed E-state index contributed by atoms with van der Waals surface area (Å²) < 4.78 is 25.5. The van der Waals surface area contributed by atoms with Crippen molar-refractivity contribution in [2.45, 2.75) is 0 Å². The molecular weight excluding hydrogens is 199 g/mol. The Bertz CT molecular complexity index is 94.2. The van der Waals surface area contributed by atoms with Crippen LogP contribution in [0.15, 0.2) is 0 Å². The van der Waals surface area contributed by atoms with Crippen molar-refractivity contribution in [3.63, 3.8) is 0 Å². The van der Waals surface area contributed by atoms with E-state index >= 15 is 0 Å². The van der Waals surface area contributed by atoms with Gasteiger partial charge in [0, 0.05) is 0 Å². The van der Waals surface area contributed by atoms with Crippen LogP contribution in [0, 0.1) is 0 Å². The molecule has 0 heterocycles. The number of hydrogen-bond acceptors (Lipinski definition) is 2. The fourth-order valence-electron chi connectivity index (χ4n) is 0. The zero-order valence-corrected chi connectivity index (χ0v) is 5.33. The van der Waals surface area contributed by atoms with E-state index in [0.717, 1.165) is 0 Å². The molecule has 0 saturated heterocycles. The van der Waals surface area contributed by atoms with E-state index in [1.165, 1.54) is 0 Å². The van der Waals surface area contributed by atoms with Crippen molar-refractivity contribution in [2.24, 2.45) is 0 Å². The van der Waals surface area contributed by atoms with Crippen LogP contribution in [0.25, 0.3) is 0 Å². The minimum atomic E-state index is -3.97. The van der Waals surface area contributed by atoms with Gasteiger partial charge in [0.2, 0.25) is 0 Å². The molecule has 0 aromatic heterocycles. The first-order chi connectivity index (χ1) is 2.00. The van der Waals surface area contributed by atoms with Gasteiger partial charge in [-0.1, -0.05) is 0 Å². The molecule has 9 heavy (non-hydrogen) atoms. The number of rotatable bonds is 0. The Morgan fingerprint density at radius 2 is 1.11 bits per heavy atom. The van der Waals surface area contributed by atoms with E-state index in [0.29, 0.717) is 0 Å². The zero-order valence-electron chi connectivity index (χ0n) is 3.62. The van der Waals surface area contributed by atoms with E-state index in [4.69, 9.17) is 13.0 Å². The Labute approximate surface area is 99.9 Å². The molecule has 0 atom stereocenters. The van der Waals surface area contributed by atoms with Gasteiger partial charge < -0.3 is 16.4 Å². The maximum atomic E-state index is 9.05. The maximum absolute atomic E-state index is 9.05. The minimum absolute atomic E-state index is 0. The van der Waals surface area contributed by atoms with Crippen molar-refractivity contribution in [3.8, 4) is 0 Å². The summed E-state index contributed by atoms with van der Waals surface area (Å²) in [6.45, 7) is 0. The zero-order chi connectivity index (χ0) is 4.50. The predicted octanol–water partition coefficient (Wildman–Crippen LogP) is -3.40. The van der Waals surface area contributed by atoms with Crippen LogP contribution < -0.4 is 0 Å². The molecule has 0 spiro atoms. The molecule has 0 aliphatic carbocycles. The number of hydrogen-bond donors (Lipinski definition) is 2. The van der Waals surface area contributed by atoms with E-state index in [9.17, 15) is 0 Å².